The Morgan fingerprint density at radius 3 is 1.80 bits per heavy atom. The number of rotatable bonds is 11. The van der Waals surface area contributed by atoms with E-state index < -0.39 is 0 Å². The summed E-state index contributed by atoms with van der Waals surface area (Å²) in [6.07, 6.45) is 11.6. The van der Waals surface area contributed by atoms with Crippen molar-refractivity contribution in [2.45, 2.75) is 65.7 Å². The number of unbranched alkanes of at least 4 members (excludes halogenated alkanes) is 5. The zero-order valence-corrected chi connectivity index (χ0v) is 11.1. The van der Waals surface area contributed by atoms with Crippen molar-refractivity contribution < 1.29 is 0 Å². The van der Waals surface area contributed by atoms with E-state index in [0.29, 0.717) is 0 Å². The quantitative estimate of drug-likeness (QED) is 0.462. The van der Waals surface area contributed by atoms with Crippen LogP contribution >= 0.6 is 0 Å². The molecule has 0 amide bonds. The summed E-state index contributed by atoms with van der Waals surface area (Å²) in [5, 5.41) is 0. The second kappa shape index (κ2) is 12.0. The molecule has 0 aromatic heterocycles. The predicted octanol–water partition coefficient (Wildman–Crippen LogP) is 4.28. The maximum atomic E-state index is 2.65. The average Bonchev–Trinajstić information content (AvgIpc) is 2.27. The number of nitrogens with zero attached hydrogens (tertiary/aromatic N) is 1. The van der Waals surface area contributed by atoms with Gasteiger partial charge in [-0.3, -0.25) is 0 Å². The fraction of sp³-hybridized carbons (Fsp3) is 0.929. The van der Waals surface area contributed by atoms with E-state index >= 15 is 0 Å². The summed E-state index contributed by atoms with van der Waals surface area (Å²) in [6.45, 7) is 10.7. The molecule has 0 heterocycles. The second-order valence-corrected chi connectivity index (χ2v) is 4.39. The minimum absolute atomic E-state index is 1.23. The van der Waals surface area contributed by atoms with Crippen LogP contribution in [0.5, 0.6) is 0 Å². The van der Waals surface area contributed by atoms with Gasteiger partial charge in [0.25, 0.3) is 0 Å². The van der Waals surface area contributed by atoms with Gasteiger partial charge in [-0.05, 0) is 51.7 Å². The van der Waals surface area contributed by atoms with Crippen LogP contribution in [0.25, 0.3) is 0 Å². The summed E-state index contributed by atoms with van der Waals surface area (Å²) in [5.41, 5.74) is 0. The van der Waals surface area contributed by atoms with Crippen LogP contribution in [-0.2, 0) is 0 Å². The Morgan fingerprint density at radius 2 is 1.33 bits per heavy atom. The first-order valence-corrected chi connectivity index (χ1v) is 6.89. The van der Waals surface area contributed by atoms with Gasteiger partial charge in [0.1, 0.15) is 0 Å². The lowest BCUT2D eigenvalue weighted by molar-refractivity contribution is 0.262. The largest absolute Gasteiger partial charge is 0.303 e. The lowest BCUT2D eigenvalue weighted by Gasteiger charge is -2.21. The SMILES string of the molecule is CC[CH]CCCN(CCCC)CCCC. The van der Waals surface area contributed by atoms with E-state index in [1.807, 2.05) is 0 Å². The molecule has 0 rings (SSSR count). The van der Waals surface area contributed by atoms with Crippen molar-refractivity contribution in [1.29, 1.82) is 0 Å². The van der Waals surface area contributed by atoms with Gasteiger partial charge in [-0.1, -0.05) is 40.0 Å². The molecular weight excluding hydrogens is 182 g/mol. The molecule has 0 aliphatic carbocycles. The molecule has 0 aliphatic heterocycles. The van der Waals surface area contributed by atoms with Gasteiger partial charge in [-0.15, -0.1) is 0 Å². The Bertz CT molecular complexity index is 104. The molecule has 91 valence electrons. The summed E-state index contributed by atoms with van der Waals surface area (Å²) in [6, 6.07) is 0. The molecule has 0 unspecified atom stereocenters. The van der Waals surface area contributed by atoms with Crippen LogP contribution in [0.4, 0.5) is 0 Å². The molecule has 0 fully saturated rings. The Morgan fingerprint density at radius 1 is 0.800 bits per heavy atom. The summed E-state index contributed by atoms with van der Waals surface area (Å²) in [5.74, 6) is 0. The first-order chi connectivity index (χ1) is 7.35. The van der Waals surface area contributed by atoms with Gasteiger partial charge in [0, 0.05) is 0 Å². The average molecular weight is 212 g/mol. The third-order valence-electron chi connectivity index (χ3n) is 2.83. The second-order valence-electron chi connectivity index (χ2n) is 4.39. The van der Waals surface area contributed by atoms with E-state index in [1.54, 1.807) is 0 Å². The molecule has 0 atom stereocenters. The van der Waals surface area contributed by atoms with Crippen molar-refractivity contribution in [2.24, 2.45) is 0 Å². The zero-order chi connectivity index (χ0) is 11.4. The van der Waals surface area contributed by atoms with E-state index in [2.05, 4.69) is 32.1 Å². The number of hydrogen-bond acceptors (Lipinski definition) is 1. The van der Waals surface area contributed by atoms with E-state index in [9.17, 15) is 0 Å². The fourth-order valence-electron chi connectivity index (χ4n) is 1.76. The molecule has 0 aliphatic rings. The smallest absolute Gasteiger partial charge is 0.00186 e. The highest BCUT2D eigenvalue weighted by molar-refractivity contribution is 4.64. The first-order valence-electron chi connectivity index (χ1n) is 6.89. The van der Waals surface area contributed by atoms with Crippen molar-refractivity contribution in [2.75, 3.05) is 19.6 Å². The molecule has 0 bridgehead atoms. The van der Waals surface area contributed by atoms with E-state index in [0.717, 1.165) is 0 Å². The minimum Gasteiger partial charge on any atom is -0.303 e. The van der Waals surface area contributed by atoms with Gasteiger partial charge in [0.15, 0.2) is 0 Å². The van der Waals surface area contributed by atoms with Crippen LogP contribution < -0.4 is 0 Å². The van der Waals surface area contributed by atoms with Crippen molar-refractivity contribution in [3.63, 3.8) is 0 Å². The van der Waals surface area contributed by atoms with Crippen LogP contribution in [0.1, 0.15) is 65.7 Å². The Balaban J connectivity index is 3.49. The first kappa shape index (κ1) is 15.0. The van der Waals surface area contributed by atoms with Crippen LogP contribution in [0.2, 0.25) is 0 Å². The summed E-state index contributed by atoms with van der Waals surface area (Å²) >= 11 is 0. The maximum absolute atomic E-state index is 2.65. The molecule has 0 saturated carbocycles. The highest BCUT2D eigenvalue weighted by atomic mass is 15.1. The molecule has 1 radical (unpaired) electrons. The fourth-order valence-corrected chi connectivity index (χ4v) is 1.76. The molecule has 1 heteroatoms. The highest BCUT2D eigenvalue weighted by Gasteiger charge is 2.02. The lowest BCUT2D eigenvalue weighted by Crippen LogP contribution is -2.27. The molecule has 0 aromatic carbocycles. The minimum atomic E-state index is 1.23. The van der Waals surface area contributed by atoms with Gasteiger partial charge in [0.05, 0.1) is 0 Å². The van der Waals surface area contributed by atoms with Crippen molar-refractivity contribution in [3.8, 4) is 0 Å². The van der Waals surface area contributed by atoms with E-state index in [4.69, 9.17) is 0 Å². The van der Waals surface area contributed by atoms with Crippen LogP contribution in [-0.4, -0.2) is 24.5 Å². The van der Waals surface area contributed by atoms with Crippen LogP contribution in [0.3, 0.4) is 0 Å². The van der Waals surface area contributed by atoms with Crippen LogP contribution in [0.15, 0.2) is 0 Å². The molecule has 0 saturated heterocycles. The standard InChI is InChI=1S/C14H30N/c1-4-7-10-11-14-15(12-8-5-2)13-9-6-3/h7H,4-6,8-14H2,1-3H3. The molecule has 15 heavy (non-hydrogen) atoms. The topological polar surface area (TPSA) is 3.24 Å². The lowest BCUT2D eigenvalue weighted by atomic mass is 10.2. The van der Waals surface area contributed by atoms with Crippen molar-refractivity contribution >= 4 is 0 Å². The third-order valence-corrected chi connectivity index (χ3v) is 2.83. The Labute approximate surface area is 97.2 Å². The Hall–Kier alpha value is -0.0400. The van der Waals surface area contributed by atoms with Gasteiger partial charge in [-0.2, -0.15) is 0 Å². The Kier molecular flexibility index (Phi) is 12.0. The van der Waals surface area contributed by atoms with Crippen molar-refractivity contribution in [1.82, 2.24) is 4.90 Å². The van der Waals surface area contributed by atoms with Gasteiger partial charge in [-0.25, -0.2) is 0 Å². The molecule has 0 N–H and O–H groups in total. The monoisotopic (exact) mass is 212 g/mol. The summed E-state index contributed by atoms with van der Waals surface area (Å²) < 4.78 is 0. The highest BCUT2D eigenvalue weighted by Crippen LogP contribution is 2.04. The van der Waals surface area contributed by atoms with E-state index in [1.165, 1.54) is 64.6 Å². The maximum Gasteiger partial charge on any atom is -0.00186 e. The normalized spacial score (nSPS) is 11.2. The van der Waals surface area contributed by atoms with Crippen LogP contribution in [0, 0.1) is 6.42 Å². The molecule has 1 nitrogen and oxygen atoms in total. The molecule has 0 aromatic rings. The molecule has 0 spiro atoms. The predicted molar refractivity (Wildman–Crippen MR) is 70.1 cm³/mol. The van der Waals surface area contributed by atoms with Gasteiger partial charge < -0.3 is 4.90 Å². The van der Waals surface area contributed by atoms with Gasteiger partial charge in [0.2, 0.25) is 0 Å². The zero-order valence-electron chi connectivity index (χ0n) is 11.1. The summed E-state index contributed by atoms with van der Waals surface area (Å²) in [7, 11) is 0. The van der Waals surface area contributed by atoms with Crippen molar-refractivity contribution in [3.05, 3.63) is 6.42 Å². The molecular formula is C14H30N. The number of hydrogen-bond donors (Lipinski definition) is 0. The van der Waals surface area contributed by atoms with Gasteiger partial charge >= 0.3 is 0 Å². The summed E-state index contributed by atoms with van der Waals surface area (Å²) in [4.78, 5) is 2.65. The van der Waals surface area contributed by atoms with E-state index in [-0.39, 0.29) is 0 Å². The third kappa shape index (κ3) is 10.2.